The van der Waals surface area contributed by atoms with E-state index in [0.717, 1.165) is 5.56 Å². The van der Waals surface area contributed by atoms with E-state index in [1.165, 1.54) is 13.2 Å². The standard InChI is InChI=1S/C17H13ClO3/c1-20-16-11-15(18)10-14(12-19)17(16)21-9-5-8-13-6-3-2-4-7-13/h2-4,6-7,10-12H,9H2,1H3. The number of carbonyl (C=O) groups is 1. The first kappa shape index (κ1) is 15.0. The van der Waals surface area contributed by atoms with E-state index >= 15 is 0 Å². The van der Waals surface area contributed by atoms with Crippen LogP contribution >= 0.6 is 11.6 Å². The molecule has 0 aliphatic heterocycles. The van der Waals surface area contributed by atoms with Crippen LogP contribution in [-0.2, 0) is 0 Å². The average Bonchev–Trinajstić information content (AvgIpc) is 2.52. The summed E-state index contributed by atoms with van der Waals surface area (Å²) >= 11 is 5.90. The Morgan fingerprint density at radius 2 is 2.00 bits per heavy atom. The maximum absolute atomic E-state index is 11.1. The highest BCUT2D eigenvalue weighted by atomic mass is 35.5. The van der Waals surface area contributed by atoms with Gasteiger partial charge in [0.25, 0.3) is 0 Å². The van der Waals surface area contributed by atoms with E-state index in [-0.39, 0.29) is 6.61 Å². The Bertz CT molecular complexity index is 684. The third-order valence-corrected chi connectivity index (χ3v) is 2.91. The molecule has 0 aliphatic carbocycles. The Labute approximate surface area is 128 Å². The first-order valence-corrected chi connectivity index (χ1v) is 6.62. The van der Waals surface area contributed by atoms with Gasteiger partial charge in [0.1, 0.15) is 6.61 Å². The quantitative estimate of drug-likeness (QED) is 0.639. The molecule has 0 saturated carbocycles. The summed E-state index contributed by atoms with van der Waals surface area (Å²) in [6.07, 6.45) is 0.675. The van der Waals surface area contributed by atoms with Gasteiger partial charge in [0.05, 0.1) is 12.7 Å². The predicted octanol–water partition coefficient (Wildman–Crippen LogP) is 3.59. The summed E-state index contributed by atoms with van der Waals surface area (Å²) in [4.78, 5) is 11.1. The van der Waals surface area contributed by atoms with E-state index in [1.54, 1.807) is 6.07 Å². The Morgan fingerprint density at radius 1 is 1.24 bits per heavy atom. The Hall–Kier alpha value is -2.44. The van der Waals surface area contributed by atoms with Crippen LogP contribution in [0.2, 0.25) is 5.02 Å². The molecule has 0 aromatic heterocycles. The number of hydrogen-bond donors (Lipinski definition) is 0. The largest absolute Gasteiger partial charge is 0.493 e. The summed E-state index contributed by atoms with van der Waals surface area (Å²) < 4.78 is 10.7. The smallest absolute Gasteiger partial charge is 0.173 e. The molecule has 21 heavy (non-hydrogen) atoms. The van der Waals surface area contributed by atoms with Crippen molar-refractivity contribution in [1.82, 2.24) is 0 Å². The molecule has 0 unspecified atom stereocenters. The van der Waals surface area contributed by atoms with Crippen molar-refractivity contribution in [3.05, 3.63) is 58.6 Å². The van der Waals surface area contributed by atoms with Crippen molar-refractivity contribution < 1.29 is 14.3 Å². The van der Waals surface area contributed by atoms with Crippen molar-refractivity contribution in [2.45, 2.75) is 0 Å². The van der Waals surface area contributed by atoms with Gasteiger partial charge in [-0.05, 0) is 18.2 Å². The van der Waals surface area contributed by atoms with E-state index in [2.05, 4.69) is 11.8 Å². The molecule has 0 radical (unpaired) electrons. The molecular formula is C17H13ClO3. The number of aldehydes is 1. The maximum Gasteiger partial charge on any atom is 0.173 e. The minimum absolute atomic E-state index is 0.147. The average molecular weight is 301 g/mol. The van der Waals surface area contributed by atoms with Crippen LogP contribution in [0.1, 0.15) is 15.9 Å². The molecule has 4 heteroatoms. The van der Waals surface area contributed by atoms with Gasteiger partial charge in [-0.2, -0.15) is 0 Å². The lowest BCUT2D eigenvalue weighted by Crippen LogP contribution is -2.00. The second kappa shape index (κ2) is 7.37. The first-order valence-electron chi connectivity index (χ1n) is 6.24. The van der Waals surface area contributed by atoms with Crippen LogP contribution in [0, 0.1) is 11.8 Å². The van der Waals surface area contributed by atoms with E-state index in [4.69, 9.17) is 21.1 Å². The second-order valence-corrected chi connectivity index (χ2v) is 4.54. The Balaban J connectivity index is 2.13. The first-order chi connectivity index (χ1) is 10.2. The normalized spacial score (nSPS) is 9.43. The lowest BCUT2D eigenvalue weighted by molar-refractivity contribution is 0.111. The SMILES string of the molecule is COc1cc(Cl)cc(C=O)c1OCC#Cc1ccccc1. The molecule has 106 valence electrons. The van der Waals surface area contributed by atoms with Crippen LogP contribution < -0.4 is 9.47 Å². The van der Waals surface area contributed by atoms with Gasteiger partial charge in [-0.1, -0.05) is 41.6 Å². The lowest BCUT2D eigenvalue weighted by atomic mass is 10.2. The van der Waals surface area contributed by atoms with Crippen LogP contribution in [0.3, 0.4) is 0 Å². The highest BCUT2D eigenvalue weighted by Gasteiger charge is 2.11. The van der Waals surface area contributed by atoms with Gasteiger partial charge < -0.3 is 9.47 Å². The summed E-state index contributed by atoms with van der Waals surface area (Å²) in [7, 11) is 1.49. The molecule has 0 aliphatic rings. The van der Waals surface area contributed by atoms with Crippen LogP contribution in [0.15, 0.2) is 42.5 Å². The minimum Gasteiger partial charge on any atom is -0.493 e. The number of methoxy groups -OCH3 is 1. The van der Waals surface area contributed by atoms with Crippen molar-refractivity contribution in [1.29, 1.82) is 0 Å². The zero-order chi connectivity index (χ0) is 15.1. The molecule has 0 N–H and O–H groups in total. The number of benzene rings is 2. The molecule has 0 saturated heterocycles. The van der Waals surface area contributed by atoms with Gasteiger partial charge in [-0.3, -0.25) is 4.79 Å². The summed E-state index contributed by atoms with van der Waals surface area (Å²) in [6.45, 7) is 0.147. The molecule has 2 aromatic carbocycles. The monoisotopic (exact) mass is 300 g/mol. The summed E-state index contributed by atoms with van der Waals surface area (Å²) in [5.41, 5.74) is 1.24. The predicted molar refractivity (Wildman–Crippen MR) is 82.2 cm³/mol. The van der Waals surface area contributed by atoms with Gasteiger partial charge in [-0.25, -0.2) is 0 Å². The van der Waals surface area contributed by atoms with Gasteiger partial charge >= 0.3 is 0 Å². The zero-order valence-corrected chi connectivity index (χ0v) is 12.2. The van der Waals surface area contributed by atoms with Gasteiger partial charge in [0, 0.05) is 16.7 Å². The fraction of sp³-hybridized carbons (Fsp3) is 0.118. The Kier molecular flexibility index (Phi) is 5.25. The van der Waals surface area contributed by atoms with E-state index in [0.29, 0.717) is 28.4 Å². The van der Waals surface area contributed by atoms with Crippen molar-refractivity contribution in [3.8, 4) is 23.3 Å². The number of hydrogen-bond acceptors (Lipinski definition) is 3. The number of ether oxygens (including phenoxy) is 2. The second-order valence-electron chi connectivity index (χ2n) is 4.10. The molecule has 0 spiro atoms. The zero-order valence-electron chi connectivity index (χ0n) is 11.4. The van der Waals surface area contributed by atoms with Crippen molar-refractivity contribution in [2.75, 3.05) is 13.7 Å². The van der Waals surface area contributed by atoms with Gasteiger partial charge in [-0.15, -0.1) is 0 Å². The van der Waals surface area contributed by atoms with Crippen LogP contribution in [-0.4, -0.2) is 20.0 Å². The van der Waals surface area contributed by atoms with Crippen molar-refractivity contribution in [2.24, 2.45) is 0 Å². The third-order valence-electron chi connectivity index (χ3n) is 2.69. The molecular weight excluding hydrogens is 288 g/mol. The molecule has 0 atom stereocenters. The molecule has 3 nitrogen and oxygen atoms in total. The van der Waals surface area contributed by atoms with Crippen molar-refractivity contribution in [3.63, 3.8) is 0 Å². The van der Waals surface area contributed by atoms with Gasteiger partial charge in [0.15, 0.2) is 17.8 Å². The van der Waals surface area contributed by atoms with Crippen LogP contribution in [0.4, 0.5) is 0 Å². The highest BCUT2D eigenvalue weighted by Crippen LogP contribution is 2.33. The molecule has 0 fully saturated rings. The topological polar surface area (TPSA) is 35.5 Å². The van der Waals surface area contributed by atoms with Crippen LogP contribution in [0.5, 0.6) is 11.5 Å². The molecule has 0 heterocycles. The summed E-state index contributed by atoms with van der Waals surface area (Å²) in [5, 5.41) is 0.414. The van der Waals surface area contributed by atoms with Crippen molar-refractivity contribution >= 4 is 17.9 Å². The van der Waals surface area contributed by atoms with E-state index in [1.807, 2.05) is 30.3 Å². The Morgan fingerprint density at radius 3 is 2.67 bits per heavy atom. The lowest BCUT2D eigenvalue weighted by Gasteiger charge is -2.11. The molecule has 2 aromatic rings. The number of rotatable bonds is 4. The maximum atomic E-state index is 11.1. The van der Waals surface area contributed by atoms with Gasteiger partial charge in [0.2, 0.25) is 0 Å². The molecule has 0 amide bonds. The highest BCUT2D eigenvalue weighted by molar-refractivity contribution is 6.31. The van der Waals surface area contributed by atoms with E-state index in [9.17, 15) is 4.79 Å². The fourth-order valence-electron chi connectivity index (χ4n) is 1.75. The molecule has 2 rings (SSSR count). The third kappa shape index (κ3) is 4.01. The fourth-order valence-corrected chi connectivity index (χ4v) is 1.97. The minimum atomic E-state index is 0.147. The molecule has 0 bridgehead atoms. The summed E-state index contributed by atoms with van der Waals surface area (Å²) in [5.74, 6) is 6.62. The number of halogens is 1. The van der Waals surface area contributed by atoms with E-state index < -0.39 is 0 Å². The summed E-state index contributed by atoms with van der Waals surface area (Å²) in [6, 6.07) is 12.7. The number of carbonyl (C=O) groups excluding carboxylic acids is 1. The van der Waals surface area contributed by atoms with Crippen LogP contribution in [0.25, 0.3) is 0 Å².